The van der Waals surface area contributed by atoms with Gasteiger partial charge in [-0.05, 0) is 30.3 Å². The first-order valence-electron chi connectivity index (χ1n) is 10.1. The Balaban J connectivity index is 1.51. The topological polar surface area (TPSA) is 131 Å². The number of sulfonamides is 1. The van der Waals surface area contributed by atoms with Gasteiger partial charge in [-0.25, -0.2) is 17.9 Å². The highest BCUT2D eigenvalue weighted by atomic mass is 32.2. The van der Waals surface area contributed by atoms with Crippen LogP contribution in [0.15, 0.2) is 47.2 Å². The molecule has 32 heavy (non-hydrogen) atoms. The Morgan fingerprint density at radius 2 is 1.97 bits per heavy atom. The lowest BCUT2D eigenvalue weighted by Gasteiger charge is -2.25. The molecule has 1 fully saturated rings. The van der Waals surface area contributed by atoms with Crippen LogP contribution in [0.4, 0.5) is 5.69 Å². The van der Waals surface area contributed by atoms with E-state index in [-0.39, 0.29) is 0 Å². The van der Waals surface area contributed by atoms with E-state index in [1.807, 2.05) is 12.1 Å². The summed E-state index contributed by atoms with van der Waals surface area (Å²) in [5, 5.41) is 11.7. The molecule has 1 saturated heterocycles. The first-order chi connectivity index (χ1) is 15.4. The molecule has 1 aliphatic rings. The van der Waals surface area contributed by atoms with Gasteiger partial charge in [0.15, 0.2) is 5.65 Å². The fraction of sp³-hybridized carbons (Fsp3) is 0.300. The third-order valence-electron chi connectivity index (χ3n) is 5.06. The maximum Gasteiger partial charge on any atom is 0.241 e. The van der Waals surface area contributed by atoms with Gasteiger partial charge < -0.3 is 9.84 Å². The first-order valence-corrected chi connectivity index (χ1v) is 12.0. The van der Waals surface area contributed by atoms with Crippen molar-refractivity contribution in [3.8, 4) is 22.6 Å². The van der Waals surface area contributed by atoms with E-state index in [4.69, 9.17) is 4.52 Å². The molecule has 0 unspecified atom stereocenters. The number of nitrogens with zero attached hydrogens (tertiary/aromatic N) is 6. The van der Waals surface area contributed by atoms with Crippen LogP contribution in [0, 0.1) is 0 Å². The summed E-state index contributed by atoms with van der Waals surface area (Å²) in [6.07, 6.45) is 4.56. The smallest absolute Gasteiger partial charge is 0.241 e. The second-order valence-corrected chi connectivity index (χ2v) is 9.41. The number of fused-ring (bicyclic) bond motifs is 1. The van der Waals surface area contributed by atoms with Crippen molar-refractivity contribution in [3.63, 3.8) is 0 Å². The Morgan fingerprint density at radius 1 is 1.16 bits per heavy atom. The molecule has 0 saturated carbocycles. The molecule has 0 radical (unpaired) electrons. The van der Waals surface area contributed by atoms with Gasteiger partial charge in [-0.15, -0.1) is 0 Å². The normalized spacial score (nSPS) is 15.3. The van der Waals surface area contributed by atoms with Crippen molar-refractivity contribution in [2.45, 2.75) is 6.54 Å². The Bertz CT molecular complexity index is 1330. The van der Waals surface area contributed by atoms with Crippen LogP contribution < -0.4 is 10.0 Å². The summed E-state index contributed by atoms with van der Waals surface area (Å²) >= 11 is 0. The van der Waals surface area contributed by atoms with Crippen LogP contribution in [0.1, 0.15) is 5.89 Å². The van der Waals surface area contributed by atoms with Crippen molar-refractivity contribution < 1.29 is 12.9 Å². The highest BCUT2D eigenvalue weighted by Crippen LogP contribution is 2.29. The van der Waals surface area contributed by atoms with Gasteiger partial charge in [0.25, 0.3) is 0 Å². The maximum atomic E-state index is 11.9. The first kappa shape index (κ1) is 20.5. The Labute approximate surface area is 184 Å². The highest BCUT2D eigenvalue weighted by Gasteiger charge is 2.17. The molecule has 2 N–H and O–H groups in total. The minimum Gasteiger partial charge on any atom is -0.338 e. The summed E-state index contributed by atoms with van der Waals surface area (Å²) in [4.78, 5) is 11.4. The minimum absolute atomic E-state index is 0.385. The molecule has 166 valence electrons. The molecule has 4 heterocycles. The van der Waals surface area contributed by atoms with Gasteiger partial charge in [0, 0.05) is 49.2 Å². The second-order valence-electron chi connectivity index (χ2n) is 7.66. The zero-order chi connectivity index (χ0) is 22.1. The quantitative estimate of drug-likeness (QED) is 0.441. The van der Waals surface area contributed by atoms with Crippen molar-refractivity contribution >= 4 is 21.4 Å². The van der Waals surface area contributed by atoms with Crippen LogP contribution in [-0.4, -0.2) is 70.5 Å². The lowest BCUT2D eigenvalue weighted by Crippen LogP contribution is -2.42. The van der Waals surface area contributed by atoms with Gasteiger partial charge in [-0.3, -0.25) is 9.62 Å². The molecule has 0 spiro atoms. The molecule has 0 atom stereocenters. The monoisotopic (exact) mass is 454 g/mol. The van der Waals surface area contributed by atoms with Crippen LogP contribution in [0.3, 0.4) is 0 Å². The van der Waals surface area contributed by atoms with Crippen molar-refractivity contribution in [1.29, 1.82) is 0 Å². The number of benzene rings is 1. The number of nitrogens with one attached hydrogen (secondary N) is 2. The van der Waals surface area contributed by atoms with Gasteiger partial charge in [0.05, 0.1) is 24.7 Å². The molecule has 1 aromatic carbocycles. The summed E-state index contributed by atoms with van der Waals surface area (Å²) < 4.78 is 33.4. The van der Waals surface area contributed by atoms with Gasteiger partial charge in [0.1, 0.15) is 0 Å². The molecule has 12 heteroatoms. The molecular weight excluding hydrogens is 432 g/mol. The minimum atomic E-state index is -3.48. The summed E-state index contributed by atoms with van der Waals surface area (Å²) in [5.41, 5.74) is 3.04. The van der Waals surface area contributed by atoms with E-state index in [9.17, 15) is 8.42 Å². The van der Waals surface area contributed by atoms with Crippen LogP contribution >= 0.6 is 0 Å². The van der Waals surface area contributed by atoms with E-state index < -0.39 is 10.0 Å². The fourth-order valence-corrected chi connectivity index (χ4v) is 4.19. The molecule has 5 rings (SSSR count). The molecule has 0 bridgehead atoms. The SMILES string of the molecule is CS(=O)(=O)Nc1cc(-c2cn3ncccc3n2)cc(-c2noc(CN3CCNCC3)n2)c1. The standard InChI is InChI=1S/C20H22N8O3S/c1-32(29,30)26-16-10-14(17-12-28-18(23-17)3-2-4-22-28)9-15(11-16)20-24-19(31-25-20)13-27-7-5-21-6-8-27/h2-4,9-12,21,26H,5-8,13H2,1H3. The zero-order valence-corrected chi connectivity index (χ0v) is 18.2. The van der Waals surface area contributed by atoms with Crippen LogP contribution in [0.25, 0.3) is 28.3 Å². The Kier molecular flexibility index (Phi) is 5.33. The lowest BCUT2D eigenvalue weighted by molar-refractivity contribution is 0.203. The van der Waals surface area contributed by atoms with Crippen LogP contribution in [0.5, 0.6) is 0 Å². The van der Waals surface area contributed by atoms with Gasteiger partial charge in [-0.2, -0.15) is 10.1 Å². The highest BCUT2D eigenvalue weighted by molar-refractivity contribution is 7.92. The number of aromatic nitrogens is 5. The predicted octanol–water partition coefficient (Wildman–Crippen LogP) is 1.22. The van der Waals surface area contributed by atoms with Crippen LogP contribution in [-0.2, 0) is 16.6 Å². The predicted molar refractivity (Wildman–Crippen MR) is 118 cm³/mol. The van der Waals surface area contributed by atoms with E-state index in [1.165, 1.54) is 0 Å². The van der Waals surface area contributed by atoms with E-state index in [1.54, 1.807) is 35.1 Å². The summed E-state index contributed by atoms with van der Waals surface area (Å²) in [5.74, 6) is 0.900. The molecule has 1 aliphatic heterocycles. The Hall–Kier alpha value is -3.35. The molecule has 0 amide bonds. The zero-order valence-electron chi connectivity index (χ0n) is 17.4. The van der Waals surface area contributed by atoms with E-state index in [0.29, 0.717) is 46.4 Å². The second kappa shape index (κ2) is 8.30. The summed E-state index contributed by atoms with van der Waals surface area (Å²) in [6.45, 7) is 4.25. The lowest BCUT2D eigenvalue weighted by atomic mass is 10.1. The van der Waals surface area contributed by atoms with Crippen LogP contribution in [0.2, 0.25) is 0 Å². The fourth-order valence-electron chi connectivity index (χ4n) is 3.64. The van der Waals surface area contributed by atoms with Crippen molar-refractivity contribution in [2.75, 3.05) is 37.2 Å². The number of hydrogen-bond donors (Lipinski definition) is 2. The van der Waals surface area contributed by atoms with E-state index in [0.717, 1.165) is 32.4 Å². The molecule has 11 nitrogen and oxygen atoms in total. The average Bonchev–Trinajstić information content (AvgIpc) is 3.40. The third-order valence-corrected chi connectivity index (χ3v) is 5.67. The summed E-state index contributed by atoms with van der Waals surface area (Å²) in [6, 6.07) is 8.90. The van der Waals surface area contributed by atoms with Gasteiger partial charge in [-0.1, -0.05) is 5.16 Å². The number of anilines is 1. The molecular formula is C20H22N8O3S. The summed E-state index contributed by atoms with van der Waals surface area (Å²) in [7, 11) is -3.48. The Morgan fingerprint density at radius 3 is 2.75 bits per heavy atom. The van der Waals surface area contributed by atoms with Crippen molar-refractivity contribution in [1.82, 2.24) is 35.0 Å². The van der Waals surface area contributed by atoms with Crippen molar-refractivity contribution in [2.24, 2.45) is 0 Å². The van der Waals surface area contributed by atoms with Gasteiger partial charge >= 0.3 is 0 Å². The van der Waals surface area contributed by atoms with Gasteiger partial charge in [0.2, 0.25) is 21.7 Å². The number of imidazole rings is 1. The number of piperazine rings is 1. The van der Waals surface area contributed by atoms with E-state index >= 15 is 0 Å². The largest absolute Gasteiger partial charge is 0.338 e. The van der Waals surface area contributed by atoms with E-state index in [2.05, 4.69) is 35.2 Å². The number of rotatable bonds is 6. The molecule has 3 aromatic heterocycles. The molecule has 4 aromatic rings. The average molecular weight is 455 g/mol. The number of hydrogen-bond acceptors (Lipinski definition) is 9. The van der Waals surface area contributed by atoms with Crippen molar-refractivity contribution in [3.05, 3.63) is 48.6 Å². The third kappa shape index (κ3) is 4.61. The molecule has 0 aliphatic carbocycles. The maximum absolute atomic E-state index is 11.9.